The molecule has 110 valence electrons. The van der Waals surface area contributed by atoms with Crippen molar-refractivity contribution in [1.82, 2.24) is 0 Å². The number of anilines is 1. The fraction of sp³-hybridized carbons (Fsp3) is 0.333. The normalized spacial score (nSPS) is 24.2. The van der Waals surface area contributed by atoms with Gasteiger partial charge < -0.3 is 14.7 Å². The number of hydrogen-bond donors (Lipinski definition) is 1. The zero-order valence-electron chi connectivity index (χ0n) is 12.4. The van der Waals surface area contributed by atoms with Crippen molar-refractivity contribution in [3.63, 3.8) is 0 Å². The number of rotatable bonds is 3. The highest BCUT2D eigenvalue weighted by molar-refractivity contribution is 5.51. The molecular formula is C18H21NO2. The third-order valence-corrected chi connectivity index (χ3v) is 4.03. The summed E-state index contributed by atoms with van der Waals surface area (Å²) in [5.41, 5.74) is 1.71. The third-order valence-electron chi connectivity index (χ3n) is 4.03. The van der Waals surface area contributed by atoms with E-state index in [0.717, 1.165) is 11.3 Å². The zero-order valence-corrected chi connectivity index (χ0v) is 12.4. The molecule has 0 spiro atoms. The van der Waals surface area contributed by atoms with Gasteiger partial charge in [0, 0.05) is 5.69 Å². The highest BCUT2D eigenvalue weighted by Gasteiger charge is 2.47. The average Bonchev–Trinajstić information content (AvgIpc) is 2.80. The first-order chi connectivity index (χ1) is 10.1. The first-order valence-corrected chi connectivity index (χ1v) is 7.31. The van der Waals surface area contributed by atoms with Crippen LogP contribution in [0.5, 0.6) is 0 Å². The standard InChI is InChI=1S/C18H21NO2/c1-18(2)19(15-11-7-4-8-12-15)16(13-20)17(21-18)14-9-5-3-6-10-14/h3-12,16-17,20H,13H2,1-2H3/t16-,17-/m1/s1. The van der Waals surface area contributed by atoms with Gasteiger partial charge in [0.25, 0.3) is 0 Å². The Kier molecular flexibility index (Phi) is 3.70. The van der Waals surface area contributed by atoms with Gasteiger partial charge in [0.1, 0.15) is 11.8 Å². The molecule has 1 saturated heterocycles. The largest absolute Gasteiger partial charge is 0.394 e. The maximum Gasteiger partial charge on any atom is 0.136 e. The third kappa shape index (κ3) is 2.55. The van der Waals surface area contributed by atoms with E-state index in [2.05, 4.69) is 29.2 Å². The minimum absolute atomic E-state index is 0.0535. The number of aliphatic hydroxyl groups excluding tert-OH is 1. The fourth-order valence-electron chi connectivity index (χ4n) is 3.18. The van der Waals surface area contributed by atoms with E-state index in [1.165, 1.54) is 0 Å². The van der Waals surface area contributed by atoms with E-state index in [4.69, 9.17) is 4.74 Å². The summed E-state index contributed by atoms with van der Waals surface area (Å²) in [6, 6.07) is 20.1. The molecule has 3 rings (SSSR count). The van der Waals surface area contributed by atoms with Gasteiger partial charge in [-0.25, -0.2) is 0 Å². The molecule has 3 heteroatoms. The number of ether oxygens (including phenoxy) is 1. The predicted octanol–water partition coefficient (Wildman–Crippen LogP) is 3.36. The van der Waals surface area contributed by atoms with E-state index in [1.54, 1.807) is 0 Å². The minimum atomic E-state index is -0.463. The molecule has 1 aliphatic rings. The smallest absolute Gasteiger partial charge is 0.136 e. The van der Waals surface area contributed by atoms with Crippen LogP contribution in [0, 0.1) is 0 Å². The molecule has 2 aromatic rings. The maximum absolute atomic E-state index is 9.94. The van der Waals surface area contributed by atoms with Crippen molar-refractivity contribution in [2.45, 2.75) is 31.7 Å². The molecule has 0 unspecified atom stereocenters. The van der Waals surface area contributed by atoms with E-state index < -0.39 is 5.72 Å². The molecule has 0 aromatic heterocycles. The second-order valence-corrected chi connectivity index (χ2v) is 5.85. The van der Waals surface area contributed by atoms with Gasteiger partial charge in [-0.2, -0.15) is 0 Å². The SMILES string of the molecule is CC1(C)O[C@H](c2ccccc2)[C@@H](CO)N1c1ccccc1. The first-order valence-electron chi connectivity index (χ1n) is 7.31. The number of benzene rings is 2. The van der Waals surface area contributed by atoms with Crippen molar-refractivity contribution >= 4 is 5.69 Å². The Morgan fingerprint density at radius 3 is 2.14 bits per heavy atom. The number of para-hydroxylation sites is 1. The lowest BCUT2D eigenvalue weighted by molar-refractivity contribution is -0.0196. The highest BCUT2D eigenvalue weighted by atomic mass is 16.5. The lowest BCUT2D eigenvalue weighted by Gasteiger charge is -2.35. The molecule has 0 amide bonds. The van der Waals surface area contributed by atoms with Crippen molar-refractivity contribution in [2.24, 2.45) is 0 Å². The first kappa shape index (κ1) is 14.1. The molecule has 0 saturated carbocycles. The maximum atomic E-state index is 9.94. The molecule has 1 fully saturated rings. The summed E-state index contributed by atoms with van der Waals surface area (Å²) in [7, 11) is 0. The fourth-order valence-corrected chi connectivity index (χ4v) is 3.18. The molecule has 0 aliphatic carbocycles. The lowest BCUT2D eigenvalue weighted by atomic mass is 10.0. The summed E-state index contributed by atoms with van der Waals surface area (Å²) in [6.07, 6.45) is -0.133. The van der Waals surface area contributed by atoms with Crippen LogP contribution in [0.15, 0.2) is 60.7 Å². The van der Waals surface area contributed by atoms with Crippen molar-refractivity contribution in [3.8, 4) is 0 Å². The Labute approximate surface area is 125 Å². The molecule has 2 aromatic carbocycles. The summed E-state index contributed by atoms with van der Waals surface area (Å²) >= 11 is 0. The molecule has 21 heavy (non-hydrogen) atoms. The Bertz CT molecular complexity index is 583. The van der Waals surface area contributed by atoms with Gasteiger partial charge in [-0.05, 0) is 31.5 Å². The lowest BCUT2D eigenvalue weighted by Crippen LogP contribution is -2.45. The van der Waals surface area contributed by atoms with Crippen molar-refractivity contribution in [2.75, 3.05) is 11.5 Å². The minimum Gasteiger partial charge on any atom is -0.394 e. The molecule has 2 atom stereocenters. The molecular weight excluding hydrogens is 262 g/mol. The van der Waals surface area contributed by atoms with E-state index >= 15 is 0 Å². The molecule has 1 N–H and O–H groups in total. The van der Waals surface area contributed by atoms with Gasteiger partial charge in [0.15, 0.2) is 0 Å². The topological polar surface area (TPSA) is 32.7 Å². The summed E-state index contributed by atoms with van der Waals surface area (Å²) in [5, 5.41) is 9.94. The second-order valence-electron chi connectivity index (χ2n) is 5.85. The number of nitrogens with zero attached hydrogens (tertiary/aromatic N) is 1. The van der Waals surface area contributed by atoms with Gasteiger partial charge in [-0.15, -0.1) is 0 Å². The Balaban J connectivity index is 2.00. The molecule has 0 radical (unpaired) electrons. The second kappa shape index (κ2) is 5.51. The van der Waals surface area contributed by atoms with Gasteiger partial charge in [0.2, 0.25) is 0 Å². The zero-order chi connectivity index (χ0) is 14.9. The Morgan fingerprint density at radius 1 is 1.00 bits per heavy atom. The van der Waals surface area contributed by atoms with Gasteiger partial charge in [-0.3, -0.25) is 0 Å². The van der Waals surface area contributed by atoms with Crippen LogP contribution in [0.25, 0.3) is 0 Å². The molecule has 1 heterocycles. The van der Waals surface area contributed by atoms with Crippen LogP contribution in [0.2, 0.25) is 0 Å². The summed E-state index contributed by atoms with van der Waals surface area (Å²) in [6.45, 7) is 4.15. The van der Waals surface area contributed by atoms with Crippen LogP contribution < -0.4 is 4.90 Å². The van der Waals surface area contributed by atoms with E-state index in [0.29, 0.717) is 0 Å². The molecule has 1 aliphatic heterocycles. The summed E-state index contributed by atoms with van der Waals surface area (Å²) in [5.74, 6) is 0. The number of hydrogen-bond acceptors (Lipinski definition) is 3. The summed E-state index contributed by atoms with van der Waals surface area (Å²) in [4.78, 5) is 2.17. The van der Waals surface area contributed by atoms with E-state index in [-0.39, 0.29) is 18.8 Å². The van der Waals surface area contributed by atoms with Crippen LogP contribution in [0.3, 0.4) is 0 Å². The van der Waals surface area contributed by atoms with Crippen LogP contribution in [-0.4, -0.2) is 23.5 Å². The monoisotopic (exact) mass is 283 g/mol. The molecule has 0 bridgehead atoms. The Hall–Kier alpha value is -1.84. The summed E-state index contributed by atoms with van der Waals surface area (Å²) < 4.78 is 6.27. The van der Waals surface area contributed by atoms with Gasteiger partial charge >= 0.3 is 0 Å². The number of aliphatic hydroxyl groups is 1. The van der Waals surface area contributed by atoms with Gasteiger partial charge in [-0.1, -0.05) is 48.5 Å². The van der Waals surface area contributed by atoms with Crippen molar-refractivity contribution < 1.29 is 9.84 Å². The highest BCUT2D eigenvalue weighted by Crippen LogP contribution is 2.43. The van der Waals surface area contributed by atoms with E-state index in [9.17, 15) is 5.11 Å². The predicted molar refractivity (Wildman–Crippen MR) is 84.1 cm³/mol. The van der Waals surface area contributed by atoms with Crippen LogP contribution in [0.4, 0.5) is 5.69 Å². The van der Waals surface area contributed by atoms with E-state index in [1.807, 2.05) is 50.2 Å². The van der Waals surface area contributed by atoms with Crippen LogP contribution in [0.1, 0.15) is 25.5 Å². The van der Waals surface area contributed by atoms with Crippen LogP contribution in [-0.2, 0) is 4.74 Å². The van der Waals surface area contributed by atoms with Crippen LogP contribution >= 0.6 is 0 Å². The van der Waals surface area contributed by atoms with Crippen molar-refractivity contribution in [3.05, 3.63) is 66.2 Å². The van der Waals surface area contributed by atoms with Crippen molar-refractivity contribution in [1.29, 1.82) is 0 Å². The Morgan fingerprint density at radius 2 is 1.57 bits per heavy atom. The average molecular weight is 283 g/mol. The molecule has 3 nitrogen and oxygen atoms in total. The van der Waals surface area contributed by atoms with Gasteiger partial charge in [0.05, 0.1) is 12.6 Å². The quantitative estimate of drug-likeness (QED) is 0.937.